The SMILES string of the molecule is Cc1cc(C)n(CC(=O)Nc2ccc(F)cc2)c(=O)n1. The lowest BCUT2D eigenvalue weighted by Crippen LogP contribution is -2.31. The third-order valence-corrected chi connectivity index (χ3v) is 2.78. The van der Waals surface area contributed by atoms with Gasteiger partial charge in [0.15, 0.2) is 0 Å². The minimum atomic E-state index is -0.461. The molecule has 0 fully saturated rings. The van der Waals surface area contributed by atoms with Crippen LogP contribution in [0.4, 0.5) is 10.1 Å². The molecule has 0 saturated heterocycles. The molecule has 0 unspecified atom stereocenters. The zero-order chi connectivity index (χ0) is 14.7. The van der Waals surface area contributed by atoms with E-state index in [1.54, 1.807) is 19.9 Å². The van der Waals surface area contributed by atoms with Crippen LogP contribution >= 0.6 is 0 Å². The molecule has 1 heterocycles. The van der Waals surface area contributed by atoms with Gasteiger partial charge in [-0.15, -0.1) is 0 Å². The highest BCUT2D eigenvalue weighted by atomic mass is 19.1. The summed E-state index contributed by atoms with van der Waals surface area (Å²) in [6.07, 6.45) is 0. The molecular formula is C14H14FN3O2. The van der Waals surface area contributed by atoms with Crippen LogP contribution in [0.5, 0.6) is 0 Å². The quantitative estimate of drug-likeness (QED) is 0.926. The Bertz CT molecular complexity index is 693. The fraction of sp³-hybridized carbons (Fsp3) is 0.214. The lowest BCUT2D eigenvalue weighted by Gasteiger charge is -2.10. The maximum absolute atomic E-state index is 12.7. The Hall–Kier alpha value is -2.50. The molecule has 0 radical (unpaired) electrons. The van der Waals surface area contributed by atoms with Crippen molar-refractivity contribution in [2.24, 2.45) is 0 Å². The number of aromatic nitrogens is 2. The number of anilines is 1. The highest BCUT2D eigenvalue weighted by Gasteiger charge is 2.08. The maximum atomic E-state index is 12.7. The highest BCUT2D eigenvalue weighted by Crippen LogP contribution is 2.08. The molecule has 0 aliphatic rings. The molecule has 5 nitrogen and oxygen atoms in total. The van der Waals surface area contributed by atoms with E-state index in [0.29, 0.717) is 17.1 Å². The first-order valence-electron chi connectivity index (χ1n) is 6.06. The van der Waals surface area contributed by atoms with Crippen molar-refractivity contribution in [3.05, 3.63) is 58.0 Å². The molecule has 0 bridgehead atoms. The van der Waals surface area contributed by atoms with E-state index < -0.39 is 5.69 Å². The van der Waals surface area contributed by atoms with Gasteiger partial charge in [-0.05, 0) is 44.2 Å². The molecule has 2 aromatic rings. The van der Waals surface area contributed by atoms with Crippen LogP contribution < -0.4 is 11.0 Å². The lowest BCUT2D eigenvalue weighted by molar-refractivity contribution is -0.116. The minimum absolute atomic E-state index is 0.130. The average molecular weight is 275 g/mol. The zero-order valence-corrected chi connectivity index (χ0v) is 11.2. The Balaban J connectivity index is 2.12. The standard InChI is InChI=1S/C14H14FN3O2/c1-9-7-10(2)18(14(20)16-9)8-13(19)17-12-5-3-11(15)4-6-12/h3-7H,8H2,1-2H3,(H,17,19). The van der Waals surface area contributed by atoms with E-state index in [-0.39, 0.29) is 18.3 Å². The summed E-state index contributed by atoms with van der Waals surface area (Å²) < 4.78 is 14.0. The van der Waals surface area contributed by atoms with Gasteiger partial charge in [-0.1, -0.05) is 0 Å². The van der Waals surface area contributed by atoms with Crippen LogP contribution in [0.15, 0.2) is 35.1 Å². The topological polar surface area (TPSA) is 64.0 Å². The fourth-order valence-electron chi connectivity index (χ4n) is 1.84. The van der Waals surface area contributed by atoms with Crippen LogP contribution in [-0.2, 0) is 11.3 Å². The Morgan fingerprint density at radius 3 is 2.55 bits per heavy atom. The molecule has 1 amide bonds. The van der Waals surface area contributed by atoms with E-state index in [0.717, 1.165) is 0 Å². The summed E-state index contributed by atoms with van der Waals surface area (Å²) >= 11 is 0. The molecule has 0 atom stereocenters. The van der Waals surface area contributed by atoms with Crippen molar-refractivity contribution < 1.29 is 9.18 Å². The highest BCUT2D eigenvalue weighted by molar-refractivity contribution is 5.90. The number of hydrogen-bond acceptors (Lipinski definition) is 3. The Labute approximate surface area is 115 Å². The largest absolute Gasteiger partial charge is 0.348 e. The van der Waals surface area contributed by atoms with E-state index >= 15 is 0 Å². The molecular weight excluding hydrogens is 261 g/mol. The zero-order valence-electron chi connectivity index (χ0n) is 11.2. The van der Waals surface area contributed by atoms with Crippen molar-refractivity contribution in [3.63, 3.8) is 0 Å². The van der Waals surface area contributed by atoms with Crippen LogP contribution in [0.25, 0.3) is 0 Å². The maximum Gasteiger partial charge on any atom is 0.348 e. The Morgan fingerprint density at radius 1 is 1.30 bits per heavy atom. The Morgan fingerprint density at radius 2 is 1.95 bits per heavy atom. The number of halogens is 1. The third kappa shape index (κ3) is 3.28. The first-order chi connectivity index (χ1) is 9.45. The van der Waals surface area contributed by atoms with Gasteiger partial charge in [-0.2, -0.15) is 4.98 Å². The predicted molar refractivity (Wildman–Crippen MR) is 73.0 cm³/mol. The Kier molecular flexibility index (Phi) is 3.93. The molecule has 1 aromatic carbocycles. The van der Waals surface area contributed by atoms with E-state index in [2.05, 4.69) is 10.3 Å². The number of carbonyl (C=O) groups is 1. The predicted octanol–water partition coefficient (Wildman–Crippen LogP) is 1.64. The van der Waals surface area contributed by atoms with Gasteiger partial charge in [-0.25, -0.2) is 9.18 Å². The van der Waals surface area contributed by atoms with Crippen LogP contribution in [-0.4, -0.2) is 15.5 Å². The van der Waals surface area contributed by atoms with Crippen LogP contribution in [0, 0.1) is 19.7 Å². The normalized spacial score (nSPS) is 10.3. The summed E-state index contributed by atoms with van der Waals surface area (Å²) in [6, 6.07) is 7.14. The van der Waals surface area contributed by atoms with Gasteiger partial charge < -0.3 is 5.32 Å². The second-order valence-electron chi connectivity index (χ2n) is 4.46. The van der Waals surface area contributed by atoms with Crippen molar-refractivity contribution in [1.29, 1.82) is 0 Å². The number of nitrogens with zero attached hydrogens (tertiary/aromatic N) is 2. The van der Waals surface area contributed by atoms with Gasteiger partial charge >= 0.3 is 5.69 Å². The molecule has 1 aromatic heterocycles. The number of nitrogens with one attached hydrogen (secondary N) is 1. The van der Waals surface area contributed by atoms with Crippen LogP contribution in [0.1, 0.15) is 11.4 Å². The first kappa shape index (κ1) is 13.9. The van der Waals surface area contributed by atoms with Gasteiger partial charge in [0, 0.05) is 17.1 Å². The third-order valence-electron chi connectivity index (χ3n) is 2.78. The van der Waals surface area contributed by atoms with E-state index in [1.807, 2.05) is 0 Å². The van der Waals surface area contributed by atoms with Crippen molar-refractivity contribution in [2.45, 2.75) is 20.4 Å². The van der Waals surface area contributed by atoms with E-state index in [1.165, 1.54) is 28.8 Å². The van der Waals surface area contributed by atoms with E-state index in [9.17, 15) is 14.0 Å². The summed E-state index contributed by atoms with van der Waals surface area (Å²) in [5.74, 6) is -0.745. The van der Waals surface area contributed by atoms with Crippen LogP contribution in [0.3, 0.4) is 0 Å². The smallest absolute Gasteiger partial charge is 0.325 e. The summed E-state index contributed by atoms with van der Waals surface area (Å²) in [6.45, 7) is 3.33. The average Bonchev–Trinajstić information content (AvgIpc) is 2.36. The second-order valence-corrected chi connectivity index (χ2v) is 4.46. The second kappa shape index (κ2) is 5.64. The number of aryl methyl sites for hydroxylation is 2. The van der Waals surface area contributed by atoms with E-state index in [4.69, 9.17) is 0 Å². The van der Waals surface area contributed by atoms with Gasteiger partial charge in [-0.3, -0.25) is 9.36 Å². The molecule has 6 heteroatoms. The van der Waals surface area contributed by atoms with Crippen molar-refractivity contribution in [1.82, 2.24) is 9.55 Å². The number of carbonyl (C=O) groups excluding carboxylic acids is 1. The van der Waals surface area contributed by atoms with Gasteiger partial charge in [0.25, 0.3) is 0 Å². The molecule has 20 heavy (non-hydrogen) atoms. The molecule has 0 aliphatic carbocycles. The molecule has 0 saturated carbocycles. The number of amides is 1. The summed E-state index contributed by atoms with van der Waals surface area (Å²) in [5, 5.41) is 2.59. The molecule has 0 aliphatic heterocycles. The van der Waals surface area contributed by atoms with Crippen molar-refractivity contribution >= 4 is 11.6 Å². The fourth-order valence-corrected chi connectivity index (χ4v) is 1.84. The molecule has 1 N–H and O–H groups in total. The number of hydrogen-bond donors (Lipinski definition) is 1. The van der Waals surface area contributed by atoms with Crippen molar-refractivity contribution in [3.8, 4) is 0 Å². The first-order valence-corrected chi connectivity index (χ1v) is 6.06. The summed E-state index contributed by atoms with van der Waals surface area (Å²) in [5.41, 5.74) is 1.29. The summed E-state index contributed by atoms with van der Waals surface area (Å²) in [4.78, 5) is 27.4. The van der Waals surface area contributed by atoms with Gasteiger partial charge in [0.05, 0.1) is 0 Å². The van der Waals surface area contributed by atoms with Gasteiger partial charge in [0.2, 0.25) is 5.91 Å². The lowest BCUT2D eigenvalue weighted by atomic mass is 10.3. The minimum Gasteiger partial charge on any atom is -0.325 e. The molecule has 104 valence electrons. The number of rotatable bonds is 3. The van der Waals surface area contributed by atoms with Crippen molar-refractivity contribution in [2.75, 3.05) is 5.32 Å². The molecule has 2 rings (SSSR count). The van der Waals surface area contributed by atoms with Crippen LogP contribution in [0.2, 0.25) is 0 Å². The molecule has 0 spiro atoms. The number of benzene rings is 1. The van der Waals surface area contributed by atoms with Gasteiger partial charge in [0.1, 0.15) is 12.4 Å². The summed E-state index contributed by atoms with van der Waals surface area (Å²) in [7, 11) is 0. The monoisotopic (exact) mass is 275 g/mol.